The van der Waals surface area contributed by atoms with Crippen LogP contribution in [0.5, 0.6) is 5.75 Å². The lowest BCUT2D eigenvalue weighted by atomic mass is 9.78. The van der Waals surface area contributed by atoms with Gasteiger partial charge in [0.15, 0.2) is 0 Å². The first kappa shape index (κ1) is 31.0. The van der Waals surface area contributed by atoms with Crippen LogP contribution in [0.3, 0.4) is 0 Å². The molecule has 40 heavy (non-hydrogen) atoms. The maximum atomic E-state index is 13.4. The number of dihydropyridines is 1. The Bertz CT molecular complexity index is 1340. The summed E-state index contributed by atoms with van der Waals surface area (Å²) in [5.74, 6) is -2.14. The minimum Gasteiger partial charge on any atom is -0.496 e. The van der Waals surface area contributed by atoms with E-state index in [1.165, 1.54) is 21.3 Å². The van der Waals surface area contributed by atoms with Crippen molar-refractivity contribution < 1.29 is 33.3 Å². The third kappa shape index (κ3) is 6.62. The lowest BCUT2D eigenvalue weighted by Gasteiger charge is -2.33. The van der Waals surface area contributed by atoms with E-state index in [1.807, 2.05) is 12.1 Å². The standard InChI is InChI=1S/C30H33Cl2NO7/c1-16(2)17-11-13-23(37-3)18(14-17)10-12-21-26(29(35)39-5)28(25-19(31)8-7-9-20(25)32)27(30(36)40-6)22(33-21)15-24(34)38-4/h7-9,11,13-14,16,28,33H,10,12,15H2,1-6H3. The molecule has 0 saturated carbocycles. The van der Waals surface area contributed by atoms with E-state index in [1.54, 1.807) is 25.3 Å². The van der Waals surface area contributed by atoms with Gasteiger partial charge in [-0.05, 0) is 48.1 Å². The molecule has 3 rings (SSSR count). The van der Waals surface area contributed by atoms with E-state index in [2.05, 4.69) is 25.2 Å². The van der Waals surface area contributed by atoms with Crippen LogP contribution in [0.1, 0.15) is 55.2 Å². The quantitative estimate of drug-likeness (QED) is 0.271. The van der Waals surface area contributed by atoms with Gasteiger partial charge in [0.1, 0.15) is 5.75 Å². The van der Waals surface area contributed by atoms with Gasteiger partial charge in [0.25, 0.3) is 0 Å². The molecule has 0 bridgehead atoms. The summed E-state index contributed by atoms with van der Waals surface area (Å²) in [5.41, 5.74) is 3.16. The third-order valence-corrected chi connectivity index (χ3v) is 7.45. The van der Waals surface area contributed by atoms with Gasteiger partial charge in [0.2, 0.25) is 0 Å². The number of hydrogen-bond acceptors (Lipinski definition) is 8. The molecular formula is C30H33Cl2NO7. The first-order valence-corrected chi connectivity index (χ1v) is 13.4. The highest BCUT2D eigenvalue weighted by Gasteiger charge is 2.41. The predicted octanol–water partition coefficient (Wildman–Crippen LogP) is 5.86. The number of esters is 3. The molecule has 1 aliphatic rings. The maximum Gasteiger partial charge on any atom is 0.336 e. The molecule has 2 aromatic rings. The topological polar surface area (TPSA) is 100 Å². The first-order valence-electron chi connectivity index (χ1n) is 12.6. The van der Waals surface area contributed by atoms with Gasteiger partial charge < -0.3 is 24.3 Å². The number of hydrogen-bond donors (Lipinski definition) is 1. The van der Waals surface area contributed by atoms with Crippen LogP contribution in [-0.4, -0.2) is 46.3 Å². The minimum atomic E-state index is -1.08. The summed E-state index contributed by atoms with van der Waals surface area (Å²) >= 11 is 13.2. The van der Waals surface area contributed by atoms with Crippen LogP contribution in [0, 0.1) is 0 Å². The summed E-state index contributed by atoms with van der Waals surface area (Å²) in [6, 6.07) is 10.9. The highest BCUT2D eigenvalue weighted by atomic mass is 35.5. The fourth-order valence-corrected chi connectivity index (χ4v) is 5.37. The van der Waals surface area contributed by atoms with Crippen LogP contribution in [-0.2, 0) is 35.0 Å². The van der Waals surface area contributed by atoms with Crippen molar-refractivity contribution in [1.29, 1.82) is 0 Å². The van der Waals surface area contributed by atoms with Gasteiger partial charge in [0.05, 0.1) is 51.9 Å². The van der Waals surface area contributed by atoms with Crippen molar-refractivity contribution in [3.8, 4) is 5.75 Å². The van der Waals surface area contributed by atoms with Crippen LogP contribution in [0.25, 0.3) is 0 Å². The summed E-state index contributed by atoms with van der Waals surface area (Å²) < 4.78 is 20.8. The van der Waals surface area contributed by atoms with Crippen molar-refractivity contribution >= 4 is 41.1 Å². The zero-order chi connectivity index (χ0) is 29.6. The molecule has 2 aromatic carbocycles. The fraction of sp³-hybridized carbons (Fsp3) is 0.367. The largest absolute Gasteiger partial charge is 0.496 e. The van der Waals surface area contributed by atoms with Gasteiger partial charge in [0, 0.05) is 27.0 Å². The molecule has 0 aromatic heterocycles. The van der Waals surface area contributed by atoms with E-state index in [9.17, 15) is 14.4 Å². The van der Waals surface area contributed by atoms with E-state index < -0.39 is 23.8 Å². The van der Waals surface area contributed by atoms with Gasteiger partial charge in [-0.15, -0.1) is 0 Å². The number of benzene rings is 2. The minimum absolute atomic E-state index is 0.00596. The first-order chi connectivity index (χ1) is 19.1. The normalized spacial score (nSPS) is 15.1. The Kier molecular flexibility index (Phi) is 10.7. The molecule has 0 saturated heterocycles. The van der Waals surface area contributed by atoms with Crippen LogP contribution in [0.2, 0.25) is 10.0 Å². The van der Waals surface area contributed by atoms with Crippen LogP contribution < -0.4 is 10.1 Å². The molecule has 1 N–H and O–H groups in total. The summed E-state index contributed by atoms with van der Waals surface area (Å²) in [4.78, 5) is 39.1. The summed E-state index contributed by atoms with van der Waals surface area (Å²) in [5, 5.41) is 3.62. The molecule has 0 fully saturated rings. The number of nitrogens with one attached hydrogen (secondary N) is 1. The van der Waals surface area contributed by atoms with E-state index >= 15 is 0 Å². The van der Waals surface area contributed by atoms with Crippen molar-refractivity contribution in [2.75, 3.05) is 28.4 Å². The summed E-state index contributed by atoms with van der Waals surface area (Å²) in [6.45, 7) is 4.20. The number of halogens is 2. The van der Waals surface area contributed by atoms with Gasteiger partial charge in [-0.25, -0.2) is 9.59 Å². The lowest BCUT2D eigenvalue weighted by molar-refractivity contribution is -0.139. The van der Waals surface area contributed by atoms with E-state index in [0.29, 0.717) is 35.8 Å². The zero-order valence-corrected chi connectivity index (χ0v) is 24.9. The summed E-state index contributed by atoms with van der Waals surface area (Å²) in [7, 11) is 5.30. The Morgan fingerprint density at radius 1 is 0.850 bits per heavy atom. The number of methoxy groups -OCH3 is 4. The molecule has 8 nitrogen and oxygen atoms in total. The van der Waals surface area contributed by atoms with E-state index in [0.717, 1.165) is 11.1 Å². The summed E-state index contributed by atoms with van der Waals surface area (Å²) in [6.07, 6.45) is 0.484. The average molecular weight is 591 g/mol. The molecule has 1 unspecified atom stereocenters. The van der Waals surface area contributed by atoms with Crippen molar-refractivity contribution in [3.05, 3.63) is 85.7 Å². The zero-order valence-electron chi connectivity index (χ0n) is 23.4. The SMILES string of the molecule is COC(=O)CC1=C(C(=O)OC)C(c2c(Cl)cccc2Cl)C(C(=O)OC)=C(CCc2cc(C(C)C)ccc2OC)N1. The molecule has 0 amide bonds. The molecule has 1 aliphatic heterocycles. The number of aryl methyl sites for hydroxylation is 1. The number of carbonyl (C=O) groups excluding carboxylic acids is 3. The van der Waals surface area contributed by atoms with Crippen LogP contribution in [0.4, 0.5) is 0 Å². The number of allylic oxidation sites excluding steroid dienone is 1. The highest BCUT2D eigenvalue weighted by Crippen LogP contribution is 2.46. The predicted molar refractivity (Wildman–Crippen MR) is 152 cm³/mol. The average Bonchev–Trinajstić information content (AvgIpc) is 2.94. The third-order valence-electron chi connectivity index (χ3n) is 6.79. The van der Waals surface area contributed by atoms with E-state index in [4.69, 9.17) is 42.1 Å². The fourth-order valence-electron chi connectivity index (χ4n) is 4.75. The van der Waals surface area contributed by atoms with E-state index in [-0.39, 0.29) is 33.3 Å². The van der Waals surface area contributed by atoms with Crippen LogP contribution in [0.15, 0.2) is 58.9 Å². The molecule has 214 valence electrons. The van der Waals surface area contributed by atoms with Gasteiger partial charge in [-0.3, -0.25) is 4.79 Å². The molecule has 0 radical (unpaired) electrons. The second-order valence-corrected chi connectivity index (χ2v) is 10.3. The van der Waals surface area contributed by atoms with Crippen molar-refractivity contribution in [2.45, 2.75) is 44.9 Å². The lowest BCUT2D eigenvalue weighted by Crippen LogP contribution is -2.35. The Morgan fingerprint density at radius 2 is 1.45 bits per heavy atom. The van der Waals surface area contributed by atoms with Crippen molar-refractivity contribution in [1.82, 2.24) is 5.32 Å². The van der Waals surface area contributed by atoms with Crippen molar-refractivity contribution in [3.63, 3.8) is 0 Å². The Labute approximate surface area is 244 Å². The van der Waals surface area contributed by atoms with Crippen LogP contribution >= 0.6 is 23.2 Å². The van der Waals surface area contributed by atoms with Gasteiger partial charge in [-0.1, -0.05) is 55.2 Å². The molecule has 1 atom stereocenters. The Balaban J connectivity index is 2.27. The van der Waals surface area contributed by atoms with Gasteiger partial charge >= 0.3 is 17.9 Å². The van der Waals surface area contributed by atoms with Crippen molar-refractivity contribution in [2.24, 2.45) is 0 Å². The smallest absolute Gasteiger partial charge is 0.336 e. The number of ether oxygens (including phenoxy) is 4. The molecule has 10 heteroatoms. The molecule has 0 spiro atoms. The Hall–Kier alpha value is -3.49. The highest BCUT2D eigenvalue weighted by molar-refractivity contribution is 6.36. The molecule has 1 heterocycles. The molecular weight excluding hydrogens is 557 g/mol. The maximum absolute atomic E-state index is 13.4. The monoisotopic (exact) mass is 589 g/mol. The number of rotatable bonds is 10. The Morgan fingerprint density at radius 3 is 1.98 bits per heavy atom. The van der Waals surface area contributed by atoms with Gasteiger partial charge in [-0.2, -0.15) is 0 Å². The number of carbonyl (C=O) groups is 3. The second kappa shape index (κ2) is 13.7. The second-order valence-electron chi connectivity index (χ2n) is 9.44. The molecule has 0 aliphatic carbocycles.